The van der Waals surface area contributed by atoms with Crippen molar-refractivity contribution in [3.63, 3.8) is 0 Å². The quantitative estimate of drug-likeness (QED) is 0.423. The lowest BCUT2D eigenvalue weighted by molar-refractivity contribution is 1.45. The van der Waals surface area contributed by atoms with Gasteiger partial charge >= 0.3 is 0 Å². The van der Waals surface area contributed by atoms with E-state index in [-0.39, 0.29) is 17.0 Å². The highest BCUT2D eigenvalue weighted by atomic mass is 79.9. The van der Waals surface area contributed by atoms with Crippen molar-refractivity contribution in [2.24, 2.45) is 0 Å². The Labute approximate surface area is 156 Å². The van der Waals surface area contributed by atoms with E-state index in [1.54, 1.807) is 0 Å². The first-order valence-corrected chi connectivity index (χ1v) is 7.69. The van der Waals surface area contributed by atoms with Crippen LogP contribution in [-0.2, 0) is 0 Å². The standard InChI is InChI=1S/C18H12Cl2S.BrH/c19-14-8-4-12(5-9-14)16-2-1-3-17(21)18(16)13-6-10-15(20)11-7-13;/h1-11,21H;1H. The maximum Gasteiger partial charge on any atom is 0.0406 e. The van der Waals surface area contributed by atoms with Crippen LogP contribution < -0.4 is 0 Å². The molecule has 0 saturated carbocycles. The van der Waals surface area contributed by atoms with Gasteiger partial charge in [-0.05, 0) is 47.0 Å². The fourth-order valence-electron chi connectivity index (χ4n) is 2.33. The van der Waals surface area contributed by atoms with Gasteiger partial charge in [-0.15, -0.1) is 29.6 Å². The van der Waals surface area contributed by atoms with Gasteiger partial charge in [-0.3, -0.25) is 0 Å². The molecule has 0 N–H and O–H groups in total. The molecule has 0 unspecified atom stereocenters. The predicted molar refractivity (Wildman–Crippen MR) is 105 cm³/mol. The molecule has 4 heteroatoms. The maximum atomic E-state index is 5.98. The number of thiol groups is 1. The van der Waals surface area contributed by atoms with Crippen molar-refractivity contribution in [2.45, 2.75) is 4.90 Å². The van der Waals surface area contributed by atoms with Crippen LogP contribution in [0, 0.1) is 0 Å². The minimum atomic E-state index is 0. The first-order valence-electron chi connectivity index (χ1n) is 6.49. The van der Waals surface area contributed by atoms with Crippen LogP contribution in [0.2, 0.25) is 10.0 Å². The average Bonchev–Trinajstić information content (AvgIpc) is 2.49. The van der Waals surface area contributed by atoms with Gasteiger partial charge in [0.25, 0.3) is 0 Å². The predicted octanol–water partition coefficient (Wildman–Crippen LogP) is 7.19. The molecule has 0 aromatic heterocycles. The molecule has 0 aliphatic heterocycles. The Morgan fingerprint density at radius 3 is 1.68 bits per heavy atom. The third-order valence-electron chi connectivity index (χ3n) is 3.33. The third-order valence-corrected chi connectivity index (χ3v) is 4.21. The summed E-state index contributed by atoms with van der Waals surface area (Å²) in [6.07, 6.45) is 0. The molecule has 0 fully saturated rings. The summed E-state index contributed by atoms with van der Waals surface area (Å²) in [5.41, 5.74) is 4.43. The van der Waals surface area contributed by atoms with Crippen LogP contribution in [0.3, 0.4) is 0 Å². The van der Waals surface area contributed by atoms with E-state index in [4.69, 9.17) is 23.2 Å². The van der Waals surface area contributed by atoms with E-state index >= 15 is 0 Å². The van der Waals surface area contributed by atoms with Gasteiger partial charge in [0.05, 0.1) is 0 Å². The number of rotatable bonds is 2. The molecule has 22 heavy (non-hydrogen) atoms. The summed E-state index contributed by atoms with van der Waals surface area (Å²) in [6.45, 7) is 0. The Morgan fingerprint density at radius 2 is 1.14 bits per heavy atom. The lowest BCUT2D eigenvalue weighted by Gasteiger charge is -2.13. The Kier molecular flexibility index (Phi) is 5.99. The van der Waals surface area contributed by atoms with E-state index in [0.29, 0.717) is 0 Å². The van der Waals surface area contributed by atoms with Crippen LogP contribution in [0.5, 0.6) is 0 Å². The highest BCUT2D eigenvalue weighted by Gasteiger charge is 2.10. The highest BCUT2D eigenvalue weighted by molar-refractivity contribution is 8.93. The summed E-state index contributed by atoms with van der Waals surface area (Å²) in [5, 5.41) is 1.46. The van der Waals surface area contributed by atoms with Crippen molar-refractivity contribution in [1.29, 1.82) is 0 Å². The second-order valence-electron chi connectivity index (χ2n) is 4.71. The number of hydrogen-bond donors (Lipinski definition) is 1. The molecule has 0 atom stereocenters. The largest absolute Gasteiger partial charge is 0.143 e. The van der Waals surface area contributed by atoms with Crippen LogP contribution in [0.4, 0.5) is 0 Å². The van der Waals surface area contributed by atoms with Gasteiger partial charge < -0.3 is 0 Å². The zero-order chi connectivity index (χ0) is 14.8. The number of hydrogen-bond acceptors (Lipinski definition) is 1. The highest BCUT2D eigenvalue weighted by Crippen LogP contribution is 2.37. The molecule has 0 saturated heterocycles. The van der Waals surface area contributed by atoms with Gasteiger partial charge in [0.2, 0.25) is 0 Å². The molecule has 0 spiro atoms. The fraction of sp³-hybridized carbons (Fsp3) is 0. The Morgan fingerprint density at radius 1 is 0.636 bits per heavy atom. The van der Waals surface area contributed by atoms with Crippen LogP contribution >= 0.6 is 52.8 Å². The molecule has 3 aromatic carbocycles. The van der Waals surface area contributed by atoms with E-state index in [9.17, 15) is 0 Å². The maximum absolute atomic E-state index is 5.98. The molecule has 0 aliphatic carbocycles. The zero-order valence-electron chi connectivity index (χ0n) is 11.5. The monoisotopic (exact) mass is 410 g/mol. The molecule has 0 radical (unpaired) electrons. The summed E-state index contributed by atoms with van der Waals surface area (Å²) in [5.74, 6) is 0. The van der Waals surface area contributed by atoms with Gasteiger partial charge in [-0.2, -0.15) is 0 Å². The number of benzene rings is 3. The van der Waals surface area contributed by atoms with E-state index < -0.39 is 0 Å². The van der Waals surface area contributed by atoms with Crippen LogP contribution in [-0.4, -0.2) is 0 Å². The molecule has 0 aliphatic rings. The third kappa shape index (κ3) is 3.69. The minimum Gasteiger partial charge on any atom is -0.143 e. The molecule has 0 heterocycles. The molecule has 3 rings (SSSR count). The zero-order valence-corrected chi connectivity index (χ0v) is 15.6. The van der Waals surface area contributed by atoms with E-state index in [1.165, 1.54) is 0 Å². The van der Waals surface area contributed by atoms with E-state index in [2.05, 4.69) is 18.7 Å². The minimum absolute atomic E-state index is 0. The molecule has 0 amide bonds. The molecular weight excluding hydrogens is 399 g/mol. The van der Waals surface area contributed by atoms with Crippen molar-refractivity contribution in [2.75, 3.05) is 0 Å². The van der Waals surface area contributed by atoms with Crippen LogP contribution in [0.25, 0.3) is 22.3 Å². The molecular formula is C18H13BrCl2S. The lowest BCUT2D eigenvalue weighted by atomic mass is 9.94. The summed E-state index contributed by atoms with van der Waals surface area (Å²) in [6, 6.07) is 21.7. The van der Waals surface area contributed by atoms with Crippen LogP contribution in [0.1, 0.15) is 0 Å². The first kappa shape index (κ1) is 17.4. The van der Waals surface area contributed by atoms with Crippen molar-refractivity contribution in [3.05, 3.63) is 76.8 Å². The average molecular weight is 412 g/mol. The fourth-order valence-corrected chi connectivity index (χ4v) is 2.92. The van der Waals surface area contributed by atoms with Crippen LogP contribution in [0.15, 0.2) is 71.6 Å². The molecule has 112 valence electrons. The van der Waals surface area contributed by atoms with Crippen molar-refractivity contribution < 1.29 is 0 Å². The number of halogens is 3. The Balaban J connectivity index is 0.00000176. The SMILES string of the molecule is Br.Sc1cccc(-c2ccc(Cl)cc2)c1-c1ccc(Cl)cc1. The first-order chi connectivity index (χ1) is 10.1. The Hall–Kier alpha value is -0.930. The topological polar surface area (TPSA) is 0 Å². The van der Waals surface area contributed by atoms with Gasteiger partial charge in [0.15, 0.2) is 0 Å². The molecule has 3 aromatic rings. The second kappa shape index (κ2) is 7.56. The summed E-state index contributed by atoms with van der Waals surface area (Å²) in [7, 11) is 0. The second-order valence-corrected chi connectivity index (χ2v) is 6.07. The summed E-state index contributed by atoms with van der Waals surface area (Å²) < 4.78 is 0. The van der Waals surface area contributed by atoms with Gasteiger partial charge in [-0.1, -0.05) is 59.6 Å². The van der Waals surface area contributed by atoms with Gasteiger partial charge in [0, 0.05) is 20.5 Å². The molecule has 0 nitrogen and oxygen atoms in total. The van der Waals surface area contributed by atoms with E-state index in [0.717, 1.165) is 37.2 Å². The lowest BCUT2D eigenvalue weighted by Crippen LogP contribution is -1.87. The van der Waals surface area contributed by atoms with Crippen molar-refractivity contribution in [3.8, 4) is 22.3 Å². The smallest absolute Gasteiger partial charge is 0.0406 e. The van der Waals surface area contributed by atoms with Crippen molar-refractivity contribution in [1.82, 2.24) is 0 Å². The summed E-state index contributed by atoms with van der Waals surface area (Å²) >= 11 is 16.6. The van der Waals surface area contributed by atoms with Gasteiger partial charge in [-0.25, -0.2) is 0 Å². The van der Waals surface area contributed by atoms with Crippen molar-refractivity contribution >= 4 is 52.8 Å². The Bertz CT molecular complexity index is 768. The van der Waals surface area contributed by atoms with E-state index in [1.807, 2.05) is 60.7 Å². The molecule has 0 bridgehead atoms. The van der Waals surface area contributed by atoms with Gasteiger partial charge in [0.1, 0.15) is 0 Å². The normalized spacial score (nSPS) is 10.1. The summed E-state index contributed by atoms with van der Waals surface area (Å²) in [4.78, 5) is 0.935.